The van der Waals surface area contributed by atoms with Gasteiger partial charge < -0.3 is 5.32 Å². The number of halogens is 1. The molecule has 1 N–H and O–H groups in total. The third-order valence-electron chi connectivity index (χ3n) is 3.50. The zero-order valence-corrected chi connectivity index (χ0v) is 13.7. The second-order valence-electron chi connectivity index (χ2n) is 4.99. The third kappa shape index (κ3) is 3.50. The number of aromatic nitrogens is 4. The fourth-order valence-corrected chi connectivity index (χ4v) is 2.35. The smallest absolute Gasteiger partial charge is 0.309 e. The minimum atomic E-state index is -0.685. The molecule has 0 bridgehead atoms. The van der Waals surface area contributed by atoms with Crippen LogP contribution >= 0.6 is 11.6 Å². The molecule has 0 saturated carbocycles. The van der Waals surface area contributed by atoms with Gasteiger partial charge in [-0.25, -0.2) is 0 Å². The van der Waals surface area contributed by atoms with Crippen LogP contribution in [0, 0.1) is 17.0 Å². The van der Waals surface area contributed by atoms with Crippen LogP contribution < -0.4 is 5.32 Å². The van der Waals surface area contributed by atoms with Gasteiger partial charge in [0, 0.05) is 12.7 Å². The largest absolute Gasteiger partial charge is 0.348 e. The number of carbonyl (C=O) groups excluding carboxylic acids is 1. The van der Waals surface area contributed by atoms with Gasteiger partial charge in [0.05, 0.1) is 16.5 Å². The van der Waals surface area contributed by atoms with E-state index in [2.05, 4.69) is 15.5 Å². The number of hydrogen-bond acceptors (Lipinski definition) is 5. The molecule has 2 aromatic rings. The Bertz CT molecular complexity index is 738. The van der Waals surface area contributed by atoms with Crippen molar-refractivity contribution in [2.75, 3.05) is 0 Å². The van der Waals surface area contributed by atoms with Gasteiger partial charge in [-0.05, 0) is 20.8 Å². The first-order chi connectivity index (χ1) is 10.8. The molecule has 2 aromatic heterocycles. The van der Waals surface area contributed by atoms with Crippen molar-refractivity contribution in [1.29, 1.82) is 0 Å². The van der Waals surface area contributed by atoms with E-state index in [9.17, 15) is 14.9 Å². The second kappa shape index (κ2) is 6.78. The molecule has 2 rings (SSSR count). The fourth-order valence-electron chi connectivity index (χ4n) is 2.13. The van der Waals surface area contributed by atoms with E-state index in [0.717, 1.165) is 6.20 Å². The van der Waals surface area contributed by atoms with Crippen molar-refractivity contribution in [2.45, 2.75) is 39.9 Å². The minimum absolute atomic E-state index is 0.116. The van der Waals surface area contributed by atoms with Crippen molar-refractivity contribution >= 4 is 23.2 Å². The first-order valence-corrected chi connectivity index (χ1v) is 7.41. The second-order valence-corrected chi connectivity index (χ2v) is 5.40. The molecule has 0 fully saturated rings. The van der Waals surface area contributed by atoms with Crippen LogP contribution in [0.5, 0.6) is 0 Å². The molecule has 1 amide bonds. The molecule has 124 valence electrons. The minimum Gasteiger partial charge on any atom is -0.348 e. The van der Waals surface area contributed by atoms with Gasteiger partial charge in [-0.1, -0.05) is 11.6 Å². The SMILES string of the molecule is CCn1cc(Cl)c(CNC(=O)C(C)n2ncc([N+](=O)[O-])c2C)n1. The molecule has 0 spiro atoms. The monoisotopic (exact) mass is 340 g/mol. The van der Waals surface area contributed by atoms with Gasteiger partial charge in [0.15, 0.2) is 0 Å². The number of amides is 1. The lowest BCUT2D eigenvalue weighted by Crippen LogP contribution is -2.31. The quantitative estimate of drug-likeness (QED) is 0.637. The predicted molar refractivity (Wildman–Crippen MR) is 83.1 cm³/mol. The lowest BCUT2D eigenvalue weighted by Gasteiger charge is -2.13. The third-order valence-corrected chi connectivity index (χ3v) is 3.82. The van der Waals surface area contributed by atoms with E-state index in [1.54, 1.807) is 24.7 Å². The van der Waals surface area contributed by atoms with Gasteiger partial charge in [0.2, 0.25) is 5.91 Å². The maximum Gasteiger partial charge on any atom is 0.309 e. The Morgan fingerprint density at radius 2 is 2.26 bits per heavy atom. The number of nitro groups is 1. The van der Waals surface area contributed by atoms with E-state index in [0.29, 0.717) is 23.0 Å². The van der Waals surface area contributed by atoms with E-state index in [1.807, 2.05) is 6.92 Å². The predicted octanol–water partition coefficient (Wildman–Crippen LogP) is 1.85. The van der Waals surface area contributed by atoms with Crippen molar-refractivity contribution in [2.24, 2.45) is 0 Å². The van der Waals surface area contributed by atoms with Crippen LogP contribution in [-0.2, 0) is 17.9 Å². The van der Waals surface area contributed by atoms with Gasteiger partial charge >= 0.3 is 5.69 Å². The number of carbonyl (C=O) groups is 1. The van der Waals surface area contributed by atoms with Gasteiger partial charge in [-0.2, -0.15) is 10.2 Å². The molecular weight excluding hydrogens is 324 g/mol. The number of nitrogens with zero attached hydrogens (tertiary/aromatic N) is 5. The van der Waals surface area contributed by atoms with Crippen molar-refractivity contribution in [3.8, 4) is 0 Å². The van der Waals surface area contributed by atoms with Gasteiger partial charge in [-0.3, -0.25) is 24.3 Å². The lowest BCUT2D eigenvalue weighted by atomic mass is 10.3. The maximum absolute atomic E-state index is 12.2. The van der Waals surface area contributed by atoms with E-state index in [-0.39, 0.29) is 18.1 Å². The van der Waals surface area contributed by atoms with Gasteiger partial charge in [-0.15, -0.1) is 0 Å². The summed E-state index contributed by atoms with van der Waals surface area (Å²) >= 11 is 6.04. The summed E-state index contributed by atoms with van der Waals surface area (Å²) in [6, 6.07) is -0.685. The first kappa shape index (κ1) is 16.9. The van der Waals surface area contributed by atoms with Crippen LogP contribution in [0.2, 0.25) is 5.02 Å². The highest BCUT2D eigenvalue weighted by Crippen LogP contribution is 2.20. The Balaban J connectivity index is 2.05. The molecule has 0 aromatic carbocycles. The maximum atomic E-state index is 12.2. The summed E-state index contributed by atoms with van der Waals surface area (Å²) in [5.74, 6) is -0.326. The highest BCUT2D eigenvalue weighted by molar-refractivity contribution is 6.31. The van der Waals surface area contributed by atoms with Crippen LogP contribution in [-0.4, -0.2) is 30.4 Å². The van der Waals surface area contributed by atoms with Crippen molar-refractivity contribution < 1.29 is 9.72 Å². The van der Waals surface area contributed by atoms with E-state index < -0.39 is 11.0 Å². The molecule has 2 heterocycles. The van der Waals surface area contributed by atoms with E-state index in [4.69, 9.17) is 11.6 Å². The summed E-state index contributed by atoms with van der Waals surface area (Å²) in [5, 5.41) is 22.2. The Kier molecular flexibility index (Phi) is 4.99. The summed E-state index contributed by atoms with van der Waals surface area (Å²) in [6.07, 6.45) is 2.83. The van der Waals surface area contributed by atoms with Crippen LogP contribution in [0.15, 0.2) is 12.4 Å². The average molecular weight is 341 g/mol. The molecule has 23 heavy (non-hydrogen) atoms. The van der Waals surface area contributed by atoms with Crippen molar-refractivity contribution in [3.05, 3.63) is 38.9 Å². The molecular formula is C13H17ClN6O3. The van der Waals surface area contributed by atoms with Crippen LogP contribution in [0.4, 0.5) is 5.69 Å². The number of aryl methyl sites for hydroxylation is 1. The molecule has 10 heteroatoms. The van der Waals surface area contributed by atoms with Crippen LogP contribution in [0.1, 0.15) is 31.3 Å². The Labute approximate surface area is 137 Å². The van der Waals surface area contributed by atoms with Gasteiger partial charge in [0.1, 0.15) is 23.6 Å². The molecule has 9 nitrogen and oxygen atoms in total. The standard InChI is InChI=1S/C13H17ClN6O3/c1-4-18-7-10(14)11(17-18)5-15-13(21)9(3)19-8(2)12(6-16-19)20(22)23/h6-7,9H,4-5H2,1-3H3,(H,15,21). The summed E-state index contributed by atoms with van der Waals surface area (Å²) in [5.41, 5.74) is 0.776. The molecule has 0 aliphatic carbocycles. The van der Waals surface area contributed by atoms with Gasteiger partial charge in [0.25, 0.3) is 0 Å². The Morgan fingerprint density at radius 3 is 2.78 bits per heavy atom. The van der Waals surface area contributed by atoms with E-state index in [1.165, 1.54) is 4.68 Å². The molecule has 0 saturated heterocycles. The molecule has 0 aliphatic heterocycles. The summed E-state index contributed by atoms with van der Waals surface area (Å²) < 4.78 is 2.99. The summed E-state index contributed by atoms with van der Waals surface area (Å²) in [7, 11) is 0. The van der Waals surface area contributed by atoms with Crippen LogP contribution in [0.25, 0.3) is 0 Å². The number of nitrogens with one attached hydrogen (secondary N) is 1. The highest BCUT2D eigenvalue weighted by atomic mass is 35.5. The molecule has 1 atom stereocenters. The van der Waals surface area contributed by atoms with Crippen molar-refractivity contribution in [3.63, 3.8) is 0 Å². The first-order valence-electron chi connectivity index (χ1n) is 7.03. The molecule has 0 radical (unpaired) electrons. The number of rotatable bonds is 6. The fraction of sp³-hybridized carbons (Fsp3) is 0.462. The normalized spacial score (nSPS) is 12.2. The Morgan fingerprint density at radius 1 is 1.57 bits per heavy atom. The topological polar surface area (TPSA) is 108 Å². The average Bonchev–Trinajstić information content (AvgIpc) is 3.06. The highest BCUT2D eigenvalue weighted by Gasteiger charge is 2.23. The van der Waals surface area contributed by atoms with Crippen LogP contribution in [0.3, 0.4) is 0 Å². The molecule has 1 unspecified atom stereocenters. The summed E-state index contributed by atoms with van der Waals surface area (Å²) in [6.45, 7) is 5.96. The molecule has 0 aliphatic rings. The summed E-state index contributed by atoms with van der Waals surface area (Å²) in [4.78, 5) is 22.5. The van der Waals surface area contributed by atoms with Crippen molar-refractivity contribution in [1.82, 2.24) is 24.9 Å². The number of hydrogen-bond donors (Lipinski definition) is 1. The zero-order valence-electron chi connectivity index (χ0n) is 13.0. The zero-order chi connectivity index (χ0) is 17.1. The van der Waals surface area contributed by atoms with E-state index >= 15 is 0 Å². The lowest BCUT2D eigenvalue weighted by molar-refractivity contribution is -0.385. The Hall–Kier alpha value is -2.42.